The molecule has 2 heterocycles. The Morgan fingerprint density at radius 1 is 1.69 bits per heavy atom. The first-order valence-corrected chi connectivity index (χ1v) is 4.98. The van der Waals surface area contributed by atoms with Crippen LogP contribution in [-0.2, 0) is 4.79 Å². The van der Waals surface area contributed by atoms with E-state index in [0.717, 1.165) is 15.9 Å². The summed E-state index contributed by atoms with van der Waals surface area (Å²) < 4.78 is 0.966. The molecule has 0 aromatic carbocycles. The van der Waals surface area contributed by atoms with Gasteiger partial charge in [-0.05, 0) is 22.9 Å². The average molecular weight is 241 g/mol. The number of carbonyl (C=O) groups excluding carboxylic acids is 1. The third-order valence-electron chi connectivity index (χ3n) is 2.15. The van der Waals surface area contributed by atoms with E-state index in [-0.39, 0.29) is 5.91 Å². The number of fused-ring (bicyclic) bond motifs is 1. The molecule has 0 bridgehead atoms. The molecule has 3 nitrogen and oxygen atoms in total. The lowest BCUT2D eigenvalue weighted by Crippen LogP contribution is -2.39. The molecule has 0 spiro atoms. The quantitative estimate of drug-likeness (QED) is 0.689. The van der Waals surface area contributed by atoms with Crippen LogP contribution in [0.3, 0.4) is 0 Å². The molecule has 0 N–H and O–H groups in total. The summed E-state index contributed by atoms with van der Waals surface area (Å²) >= 11 is 3.40. The number of hydrogen-bond acceptors (Lipinski definition) is 2. The van der Waals surface area contributed by atoms with Gasteiger partial charge in [0.25, 0.3) is 0 Å². The van der Waals surface area contributed by atoms with E-state index in [1.54, 1.807) is 11.1 Å². The van der Waals surface area contributed by atoms with Crippen LogP contribution < -0.4 is 0 Å². The van der Waals surface area contributed by atoms with Gasteiger partial charge in [0.2, 0.25) is 5.91 Å². The van der Waals surface area contributed by atoms with Gasteiger partial charge in [-0.25, -0.2) is 4.99 Å². The Balaban J connectivity index is 2.39. The minimum absolute atomic E-state index is 0.126. The van der Waals surface area contributed by atoms with Crippen LogP contribution in [0.5, 0.6) is 0 Å². The Kier molecular flexibility index (Phi) is 2.07. The summed E-state index contributed by atoms with van der Waals surface area (Å²) in [6, 6.07) is 0. The zero-order valence-electron chi connectivity index (χ0n) is 7.25. The smallest absolute Gasteiger partial charge is 0.231 e. The molecule has 68 valence electrons. The molecule has 0 aromatic rings. The topological polar surface area (TPSA) is 32.7 Å². The van der Waals surface area contributed by atoms with Gasteiger partial charge >= 0.3 is 0 Å². The highest BCUT2D eigenvalue weighted by atomic mass is 79.9. The van der Waals surface area contributed by atoms with Crippen molar-refractivity contribution in [3.8, 4) is 0 Å². The fourth-order valence-electron chi connectivity index (χ4n) is 1.51. The molecule has 0 aliphatic carbocycles. The minimum atomic E-state index is 0.126. The van der Waals surface area contributed by atoms with E-state index in [0.29, 0.717) is 13.0 Å². The first-order valence-electron chi connectivity index (χ1n) is 4.18. The first kappa shape index (κ1) is 8.69. The number of rotatable bonds is 1. The summed E-state index contributed by atoms with van der Waals surface area (Å²) in [6.07, 6.45) is 4.13. The molecule has 2 aliphatic heterocycles. The van der Waals surface area contributed by atoms with Gasteiger partial charge in [0.15, 0.2) is 0 Å². The maximum Gasteiger partial charge on any atom is 0.231 e. The molecule has 2 rings (SSSR count). The molecule has 0 atom stereocenters. The van der Waals surface area contributed by atoms with Crippen molar-refractivity contribution in [2.75, 3.05) is 6.54 Å². The van der Waals surface area contributed by atoms with Gasteiger partial charge < -0.3 is 0 Å². The van der Waals surface area contributed by atoms with Crippen LogP contribution in [-0.4, -0.2) is 23.2 Å². The summed E-state index contributed by atoms with van der Waals surface area (Å²) in [5.74, 6) is 0.909. The molecule has 0 aromatic heterocycles. The van der Waals surface area contributed by atoms with Gasteiger partial charge in [-0.2, -0.15) is 0 Å². The van der Waals surface area contributed by atoms with Gasteiger partial charge in [-0.15, -0.1) is 0 Å². The first-order chi connectivity index (χ1) is 6.24. The highest BCUT2D eigenvalue weighted by molar-refractivity contribution is 9.12. The van der Waals surface area contributed by atoms with Crippen molar-refractivity contribution in [2.24, 2.45) is 4.99 Å². The van der Waals surface area contributed by atoms with Crippen molar-refractivity contribution < 1.29 is 4.79 Å². The number of amidine groups is 1. The largest absolute Gasteiger partial charge is 0.296 e. The van der Waals surface area contributed by atoms with Crippen LogP contribution in [0.1, 0.15) is 13.3 Å². The predicted molar refractivity (Wildman–Crippen MR) is 54.5 cm³/mol. The van der Waals surface area contributed by atoms with Crippen LogP contribution in [0.4, 0.5) is 0 Å². The molecule has 0 unspecified atom stereocenters. The van der Waals surface area contributed by atoms with E-state index in [2.05, 4.69) is 20.9 Å². The molecule has 4 heteroatoms. The summed E-state index contributed by atoms with van der Waals surface area (Å²) in [4.78, 5) is 17.3. The van der Waals surface area contributed by atoms with Crippen LogP contribution in [0.2, 0.25) is 0 Å². The van der Waals surface area contributed by atoms with E-state index in [1.807, 2.05) is 13.0 Å². The normalized spacial score (nSPS) is 20.9. The van der Waals surface area contributed by atoms with E-state index in [9.17, 15) is 4.79 Å². The van der Waals surface area contributed by atoms with Gasteiger partial charge in [0.05, 0.1) is 0 Å². The van der Waals surface area contributed by atoms with Crippen molar-refractivity contribution in [1.82, 2.24) is 4.90 Å². The number of hydrogen-bond donors (Lipinski definition) is 0. The molecule has 0 saturated carbocycles. The number of likely N-dealkylation sites (N-methyl/N-ethyl adjacent to an activating group) is 1. The molecular weight excluding hydrogens is 232 g/mol. The number of nitrogens with zero attached hydrogens (tertiary/aromatic N) is 2. The Morgan fingerprint density at radius 3 is 3.15 bits per heavy atom. The van der Waals surface area contributed by atoms with Crippen LogP contribution in [0.15, 0.2) is 27.3 Å². The summed E-state index contributed by atoms with van der Waals surface area (Å²) in [7, 11) is 0. The van der Waals surface area contributed by atoms with E-state index in [1.165, 1.54) is 0 Å². The lowest BCUT2D eigenvalue weighted by Gasteiger charge is -2.25. The lowest BCUT2D eigenvalue weighted by atomic mass is 10.1. The molecule has 1 amide bonds. The molecule has 0 radical (unpaired) electrons. The Morgan fingerprint density at radius 2 is 2.46 bits per heavy atom. The summed E-state index contributed by atoms with van der Waals surface area (Å²) in [5.41, 5.74) is 1.04. The van der Waals surface area contributed by atoms with Crippen molar-refractivity contribution in [3.05, 3.63) is 22.3 Å². The lowest BCUT2D eigenvalue weighted by molar-refractivity contribution is -0.126. The summed E-state index contributed by atoms with van der Waals surface area (Å²) in [5, 5.41) is 0. The van der Waals surface area contributed by atoms with Crippen LogP contribution >= 0.6 is 15.9 Å². The molecule has 0 saturated heterocycles. The van der Waals surface area contributed by atoms with Crippen LogP contribution in [0, 0.1) is 0 Å². The molecule has 2 aliphatic rings. The van der Waals surface area contributed by atoms with Crippen LogP contribution in [0.25, 0.3) is 0 Å². The SMILES string of the molecule is CCN1C(=O)CC=C2C(Br)=CN=C21. The fraction of sp³-hybridized carbons (Fsp3) is 0.333. The minimum Gasteiger partial charge on any atom is -0.296 e. The predicted octanol–water partition coefficient (Wildman–Crippen LogP) is 1.81. The number of aliphatic imine (C=N–C) groups is 1. The average Bonchev–Trinajstić information content (AvgIpc) is 2.48. The van der Waals surface area contributed by atoms with Gasteiger partial charge in [0.1, 0.15) is 5.84 Å². The van der Waals surface area contributed by atoms with Crippen molar-refractivity contribution in [1.29, 1.82) is 0 Å². The monoisotopic (exact) mass is 240 g/mol. The highest BCUT2D eigenvalue weighted by Gasteiger charge is 2.28. The van der Waals surface area contributed by atoms with Gasteiger partial charge in [-0.3, -0.25) is 9.69 Å². The number of amides is 1. The van der Waals surface area contributed by atoms with Gasteiger partial charge in [-0.1, -0.05) is 6.08 Å². The number of carbonyl (C=O) groups is 1. The second-order valence-electron chi connectivity index (χ2n) is 2.89. The third kappa shape index (κ3) is 1.25. The highest BCUT2D eigenvalue weighted by Crippen LogP contribution is 2.29. The zero-order valence-corrected chi connectivity index (χ0v) is 8.84. The molecular formula is C9H9BrN2O. The Bertz CT molecular complexity index is 355. The Hall–Kier alpha value is -0.900. The van der Waals surface area contributed by atoms with Crippen molar-refractivity contribution >= 4 is 27.7 Å². The second-order valence-corrected chi connectivity index (χ2v) is 3.74. The van der Waals surface area contributed by atoms with E-state index in [4.69, 9.17) is 0 Å². The molecule has 13 heavy (non-hydrogen) atoms. The van der Waals surface area contributed by atoms with Crippen molar-refractivity contribution in [3.63, 3.8) is 0 Å². The van der Waals surface area contributed by atoms with E-state index < -0.39 is 0 Å². The maximum absolute atomic E-state index is 11.4. The third-order valence-corrected chi connectivity index (χ3v) is 2.78. The Labute approximate surface area is 85.0 Å². The number of halogens is 1. The maximum atomic E-state index is 11.4. The van der Waals surface area contributed by atoms with Crippen molar-refractivity contribution in [2.45, 2.75) is 13.3 Å². The van der Waals surface area contributed by atoms with Gasteiger partial charge in [0, 0.05) is 29.2 Å². The second kappa shape index (κ2) is 3.10. The standard InChI is InChI=1S/C9H9BrN2O/c1-2-12-8(13)4-3-6-7(10)5-11-9(6)12/h3,5H,2,4H2,1H3. The van der Waals surface area contributed by atoms with E-state index >= 15 is 0 Å². The zero-order chi connectivity index (χ0) is 9.42. The fourth-order valence-corrected chi connectivity index (χ4v) is 1.95. The summed E-state index contributed by atoms with van der Waals surface area (Å²) in [6.45, 7) is 2.64. The molecule has 0 fully saturated rings.